The van der Waals surface area contributed by atoms with Crippen LogP contribution >= 0.6 is 0 Å². The third-order valence-corrected chi connectivity index (χ3v) is 18.5. The fraction of sp³-hybridized carbons (Fsp3) is 0.877. The molecule has 6 aliphatic heterocycles. The van der Waals surface area contributed by atoms with Crippen molar-refractivity contribution >= 4 is 35.5 Å². The molecule has 6 fully saturated rings. The van der Waals surface area contributed by atoms with Crippen molar-refractivity contribution in [1.82, 2.24) is 26.6 Å². The molecule has 5 amide bonds. The molecule has 0 aromatic rings. The van der Waals surface area contributed by atoms with Gasteiger partial charge in [-0.1, -0.05) is 70.4 Å². The predicted octanol–water partition coefficient (Wildman–Crippen LogP) is -5.11. The zero-order valence-electron chi connectivity index (χ0n) is 58.5. The summed E-state index contributed by atoms with van der Waals surface area (Å²) >= 11 is 0. The molecule has 0 aromatic carbocycles. The van der Waals surface area contributed by atoms with Crippen LogP contribution in [0.4, 0.5) is 0 Å². The molecule has 0 aliphatic carbocycles. The number of hydrogen-bond donors (Lipinski definition) is 17. The van der Waals surface area contributed by atoms with E-state index in [-0.39, 0.29) is 6.42 Å². The Bertz CT molecular complexity index is 2570. The minimum absolute atomic E-state index is 0.00347. The molecule has 36 heteroatoms. The van der Waals surface area contributed by atoms with Crippen LogP contribution in [0.25, 0.3) is 0 Å². The number of rotatable bonds is 37. The van der Waals surface area contributed by atoms with Crippen LogP contribution in [-0.2, 0) is 90.3 Å². The van der Waals surface area contributed by atoms with Crippen molar-refractivity contribution in [3.63, 3.8) is 0 Å². The molecule has 0 saturated carbocycles. The first-order valence-electron chi connectivity index (χ1n) is 34.9. The van der Waals surface area contributed by atoms with Crippen molar-refractivity contribution in [3.05, 3.63) is 12.2 Å². The van der Waals surface area contributed by atoms with Gasteiger partial charge in [0.15, 0.2) is 37.7 Å². The summed E-state index contributed by atoms with van der Waals surface area (Å²) in [6.07, 6.45) is -25.3. The van der Waals surface area contributed by atoms with E-state index in [2.05, 4.69) is 45.7 Å². The average molecular weight is 1460 g/mol. The van der Waals surface area contributed by atoms with Gasteiger partial charge in [-0.3, -0.25) is 28.8 Å². The number of aliphatic hydroxyl groups is 12. The fourth-order valence-corrected chi connectivity index (χ4v) is 13.2. The number of ether oxygens (including phenoxy) is 13. The maximum atomic E-state index is 13.6. The highest BCUT2D eigenvalue weighted by atomic mass is 16.8. The molecule has 582 valence electrons. The normalized spacial score (nSPS) is 39.0. The number of allylic oxidation sites excluding steroid dienone is 2. The molecule has 36 nitrogen and oxygen atoms in total. The number of methoxy groups -OCH3 is 1. The Hall–Kier alpha value is -4.40. The van der Waals surface area contributed by atoms with Crippen LogP contribution in [-0.4, -0.2) is 321 Å². The largest absolute Gasteiger partial charge is 0.463 e. The van der Waals surface area contributed by atoms with Gasteiger partial charge in [0, 0.05) is 48.1 Å². The highest BCUT2D eigenvalue weighted by molar-refractivity contribution is 5.76. The van der Waals surface area contributed by atoms with Crippen LogP contribution in [0.2, 0.25) is 0 Å². The van der Waals surface area contributed by atoms with E-state index >= 15 is 0 Å². The van der Waals surface area contributed by atoms with Gasteiger partial charge in [0.25, 0.3) is 0 Å². The van der Waals surface area contributed by atoms with Crippen molar-refractivity contribution in [3.8, 4) is 0 Å². The molecule has 0 bridgehead atoms. The van der Waals surface area contributed by atoms with Crippen molar-refractivity contribution in [2.75, 3.05) is 40.1 Å². The summed E-state index contributed by atoms with van der Waals surface area (Å²) in [6, 6.07) is -8.44. The summed E-state index contributed by atoms with van der Waals surface area (Å²) < 4.78 is 77.4. The lowest BCUT2D eigenvalue weighted by molar-refractivity contribution is -0.368. The number of hydrogen-bond acceptors (Lipinski definition) is 31. The van der Waals surface area contributed by atoms with Crippen LogP contribution in [0.3, 0.4) is 0 Å². The van der Waals surface area contributed by atoms with Crippen molar-refractivity contribution in [2.45, 2.75) is 322 Å². The molecule has 0 spiro atoms. The maximum absolute atomic E-state index is 13.6. The molecular weight excluding hydrogens is 1350 g/mol. The van der Waals surface area contributed by atoms with E-state index < -0.39 is 252 Å². The first-order valence-corrected chi connectivity index (χ1v) is 34.9. The Kier molecular flexibility index (Phi) is 35.6. The van der Waals surface area contributed by atoms with E-state index in [0.29, 0.717) is 6.42 Å². The Morgan fingerprint density at radius 2 is 0.782 bits per heavy atom. The van der Waals surface area contributed by atoms with E-state index in [9.17, 15) is 90.0 Å². The Morgan fingerprint density at radius 1 is 0.396 bits per heavy atom. The van der Waals surface area contributed by atoms with E-state index in [1.54, 1.807) is 0 Å². The lowest BCUT2D eigenvalue weighted by Crippen LogP contribution is -2.72. The van der Waals surface area contributed by atoms with Gasteiger partial charge < -0.3 is 149 Å². The minimum Gasteiger partial charge on any atom is -0.463 e. The molecule has 0 radical (unpaired) electrons. The lowest BCUT2D eigenvalue weighted by atomic mass is 9.93. The van der Waals surface area contributed by atoms with Gasteiger partial charge in [0.1, 0.15) is 147 Å². The van der Waals surface area contributed by atoms with Crippen molar-refractivity contribution in [1.29, 1.82) is 0 Å². The summed E-state index contributed by atoms with van der Waals surface area (Å²) in [6.45, 7) is 4.63. The summed E-state index contributed by atoms with van der Waals surface area (Å²) in [4.78, 5) is 76.7. The Morgan fingerprint density at radius 3 is 1.20 bits per heavy atom. The van der Waals surface area contributed by atoms with Crippen LogP contribution in [0.5, 0.6) is 0 Å². The zero-order valence-corrected chi connectivity index (χ0v) is 58.5. The van der Waals surface area contributed by atoms with Gasteiger partial charge in [-0.05, 0) is 39.0 Å². The Labute approximate surface area is 586 Å². The lowest BCUT2D eigenvalue weighted by Gasteiger charge is -2.51. The highest BCUT2D eigenvalue weighted by Crippen LogP contribution is 2.37. The quantitative estimate of drug-likeness (QED) is 0.0157. The maximum Gasteiger partial charge on any atom is 0.302 e. The molecule has 30 atom stereocenters. The number of nitrogens with one attached hydrogen (secondary N) is 5. The number of aliphatic hydroxyl groups excluding tert-OH is 12. The van der Waals surface area contributed by atoms with E-state index in [1.807, 2.05) is 0 Å². The molecule has 6 saturated heterocycles. The summed E-state index contributed by atoms with van der Waals surface area (Å²) in [5.41, 5.74) is 0. The number of unbranched alkanes of at least 4 members (excludes halogenated alkanes) is 11. The first kappa shape index (κ1) is 85.5. The highest BCUT2D eigenvalue weighted by Gasteiger charge is 2.58. The topological polar surface area (TPSA) is 525 Å². The summed E-state index contributed by atoms with van der Waals surface area (Å²) in [5, 5.41) is 149. The number of carbonyl (C=O) groups is 6. The predicted molar refractivity (Wildman–Crippen MR) is 344 cm³/mol. The third kappa shape index (κ3) is 24.1. The van der Waals surface area contributed by atoms with Crippen LogP contribution in [0.1, 0.15) is 138 Å². The van der Waals surface area contributed by atoms with Crippen LogP contribution in [0, 0.1) is 0 Å². The Balaban J connectivity index is 1.17. The van der Waals surface area contributed by atoms with Crippen LogP contribution in [0.15, 0.2) is 12.2 Å². The molecule has 24 unspecified atom stereocenters. The van der Waals surface area contributed by atoms with E-state index in [4.69, 9.17) is 61.6 Å². The van der Waals surface area contributed by atoms with Crippen LogP contribution < -0.4 is 26.6 Å². The summed E-state index contributed by atoms with van der Waals surface area (Å²) in [7, 11) is 1.21. The molecule has 17 N–H and O–H groups in total. The number of amides is 5. The van der Waals surface area contributed by atoms with E-state index in [1.165, 1.54) is 39.7 Å². The number of carbonyl (C=O) groups excluding carboxylic acids is 6. The first-order chi connectivity index (χ1) is 48.1. The fourth-order valence-electron chi connectivity index (χ4n) is 13.2. The van der Waals surface area contributed by atoms with Crippen molar-refractivity contribution in [2.24, 2.45) is 0 Å². The molecule has 6 aliphatic rings. The van der Waals surface area contributed by atoms with Crippen molar-refractivity contribution < 1.29 is 152 Å². The standard InChI is InChI=1S/C65H111N5O31/c1-9-10-11-12-13-14-15-16-17-18-19-20-21-22-23-24-41(79)70-43-49(82)48(81)39(28-90-35(7)78)97-61(43)98-55-36(25-71)94-62(44(51(55)84)67-32(4)75)99-56-37(26-72)95-63(45(52(56)85)68-33(5)76)100-57-38(27-73)96-64(46(53(57)86)69-34(6)77)101-58-40(93-60(88)42(50(58)83)66-31(3)74)29-91-65-59(89-8)54(87)47(80)30(2)92-65/h14-15,30,36-40,42-65,71-73,80-88H,9-13,16-29H2,1-8H3,(H,66,74)(H,67,75)(H,68,76)(H,69,77)(H,70,79)/b15-14-/t30?,36?,37?,38?,39?,40?,42?,43?,44?,45?,46?,47-,48-,49?,50?,51?,52?,53?,54?,55-,56-,57-,58-,59?,60?,61?,62?,63?,64?,65?/m1/s1. The molecule has 6 rings (SSSR count). The minimum atomic E-state index is -2.06. The second kappa shape index (κ2) is 42.1. The molecule has 101 heavy (non-hydrogen) atoms. The van der Waals surface area contributed by atoms with Gasteiger partial charge >= 0.3 is 5.97 Å². The summed E-state index contributed by atoms with van der Waals surface area (Å²) in [5.74, 6) is -4.53. The van der Waals surface area contributed by atoms with Gasteiger partial charge in [-0.15, -0.1) is 0 Å². The van der Waals surface area contributed by atoms with Gasteiger partial charge in [-0.2, -0.15) is 0 Å². The van der Waals surface area contributed by atoms with Gasteiger partial charge in [0.2, 0.25) is 29.5 Å². The van der Waals surface area contributed by atoms with Gasteiger partial charge in [-0.25, -0.2) is 0 Å². The average Bonchev–Trinajstić information content (AvgIpc) is 0.774. The number of esters is 1. The van der Waals surface area contributed by atoms with E-state index in [0.717, 1.165) is 86.0 Å². The second-order valence-electron chi connectivity index (χ2n) is 26.5. The second-order valence-corrected chi connectivity index (χ2v) is 26.5. The van der Waals surface area contributed by atoms with Gasteiger partial charge in [0.05, 0.1) is 32.5 Å². The zero-order chi connectivity index (χ0) is 74.4. The SMILES string of the molecule is CCCCCC/C=C\CCCCCCCCCC(=O)NC1C(O[C@@H]2C(CO)OC(O[C@@H]3C(CO)OC(O[C@@H]4C(CO)OC(O[C@@H]5C(COC6OC(C)[C@@H](O)C(O)C6OC)OC(O)C(NC(C)=O)C5O)C(NC(C)=O)C4O)C(NC(C)=O)C3O)C(NC(C)=O)C2O)OC(COC(C)=O)[C@@H](O)C1O. The molecule has 0 aromatic heterocycles. The monoisotopic (exact) mass is 1460 g/mol. The third-order valence-electron chi connectivity index (χ3n) is 18.5. The molecular formula is C65H111N5O31. The molecule has 6 heterocycles. The smallest absolute Gasteiger partial charge is 0.302 e.